The molecule has 1 aromatic carbocycles. The van der Waals surface area contributed by atoms with E-state index in [4.69, 9.17) is 5.11 Å². The molecule has 0 saturated carbocycles. The van der Waals surface area contributed by atoms with Gasteiger partial charge in [0.2, 0.25) is 0 Å². The van der Waals surface area contributed by atoms with Crippen LogP contribution in [0.1, 0.15) is 16.1 Å². The third-order valence-electron chi connectivity index (χ3n) is 2.31. The highest BCUT2D eigenvalue weighted by Gasteiger charge is 2.15. The Morgan fingerprint density at radius 2 is 2.07 bits per heavy atom. The van der Waals surface area contributed by atoms with E-state index in [1.807, 2.05) is 0 Å². The number of carboxylic acid groups (broad SMARTS) is 1. The lowest BCUT2D eigenvalue weighted by Crippen LogP contribution is -2.02. The number of hydrogen-bond acceptors (Lipinski definition) is 2. The number of aromatic carboxylic acids is 1. The van der Waals surface area contributed by atoms with Crippen LogP contribution in [0.5, 0.6) is 0 Å². The summed E-state index contributed by atoms with van der Waals surface area (Å²) in [4.78, 5) is 14.9. The number of halogens is 1. The van der Waals surface area contributed by atoms with Gasteiger partial charge in [-0.25, -0.2) is 9.18 Å². The Labute approximate surface area is 85.2 Å². The Kier molecular flexibility index (Phi) is 2.11. The average molecular weight is 205 g/mol. The van der Waals surface area contributed by atoms with Crippen molar-refractivity contribution < 1.29 is 14.3 Å². The van der Waals surface area contributed by atoms with Crippen molar-refractivity contribution in [2.24, 2.45) is 0 Å². The number of pyridine rings is 1. The maximum atomic E-state index is 13.3. The van der Waals surface area contributed by atoms with Gasteiger partial charge in [0.1, 0.15) is 11.4 Å². The lowest BCUT2D eigenvalue weighted by molar-refractivity contribution is 0.0694. The molecule has 0 unspecified atom stereocenters. The van der Waals surface area contributed by atoms with Crippen molar-refractivity contribution in [3.63, 3.8) is 0 Å². The summed E-state index contributed by atoms with van der Waals surface area (Å²) >= 11 is 0. The van der Waals surface area contributed by atoms with Crippen LogP contribution in [-0.2, 0) is 0 Å². The van der Waals surface area contributed by atoms with Gasteiger partial charge in [-0.1, -0.05) is 0 Å². The Bertz CT molecular complexity index is 552. The van der Waals surface area contributed by atoms with Crippen LogP contribution in [0.4, 0.5) is 4.39 Å². The zero-order valence-corrected chi connectivity index (χ0v) is 7.99. The second kappa shape index (κ2) is 3.31. The molecule has 0 aliphatic heterocycles. The van der Waals surface area contributed by atoms with Crippen LogP contribution < -0.4 is 0 Å². The SMILES string of the molecule is Cc1nccc2c(C(=O)O)c(F)ccc12. The van der Waals surface area contributed by atoms with Crippen molar-refractivity contribution in [3.05, 3.63) is 41.5 Å². The summed E-state index contributed by atoms with van der Waals surface area (Å²) in [6, 6.07) is 4.20. The van der Waals surface area contributed by atoms with Crippen LogP contribution in [0.2, 0.25) is 0 Å². The summed E-state index contributed by atoms with van der Waals surface area (Å²) in [5.41, 5.74) is 0.396. The molecule has 0 radical (unpaired) electrons. The van der Waals surface area contributed by atoms with Gasteiger partial charge in [-0.05, 0) is 25.1 Å². The van der Waals surface area contributed by atoms with Crippen molar-refractivity contribution in [1.82, 2.24) is 4.98 Å². The molecule has 15 heavy (non-hydrogen) atoms. The molecule has 1 heterocycles. The monoisotopic (exact) mass is 205 g/mol. The number of aryl methyl sites for hydroxylation is 1. The summed E-state index contributed by atoms with van der Waals surface area (Å²) in [6.07, 6.45) is 1.48. The van der Waals surface area contributed by atoms with Gasteiger partial charge >= 0.3 is 5.97 Å². The Balaban J connectivity index is 2.94. The average Bonchev–Trinajstić information content (AvgIpc) is 2.17. The molecule has 0 saturated heterocycles. The fourth-order valence-electron chi connectivity index (χ4n) is 1.59. The number of hydrogen-bond donors (Lipinski definition) is 1. The Morgan fingerprint density at radius 1 is 1.33 bits per heavy atom. The van der Waals surface area contributed by atoms with Gasteiger partial charge in [-0.15, -0.1) is 0 Å². The van der Waals surface area contributed by atoms with Crippen LogP contribution in [-0.4, -0.2) is 16.1 Å². The van der Waals surface area contributed by atoms with Crippen LogP contribution in [0.25, 0.3) is 10.8 Å². The van der Waals surface area contributed by atoms with Gasteiger partial charge in [0.15, 0.2) is 0 Å². The maximum Gasteiger partial charge on any atom is 0.339 e. The zero-order chi connectivity index (χ0) is 11.0. The largest absolute Gasteiger partial charge is 0.478 e. The third-order valence-corrected chi connectivity index (χ3v) is 2.31. The number of rotatable bonds is 1. The minimum atomic E-state index is -1.26. The third kappa shape index (κ3) is 1.44. The van der Waals surface area contributed by atoms with Gasteiger partial charge in [0, 0.05) is 22.7 Å². The summed E-state index contributed by atoms with van der Waals surface area (Å²) in [5.74, 6) is -1.98. The van der Waals surface area contributed by atoms with Gasteiger partial charge in [0.05, 0.1) is 0 Å². The first-order valence-electron chi connectivity index (χ1n) is 4.38. The topological polar surface area (TPSA) is 50.2 Å². The molecule has 0 fully saturated rings. The highest BCUT2D eigenvalue weighted by molar-refractivity contribution is 6.04. The fourth-order valence-corrected chi connectivity index (χ4v) is 1.59. The smallest absolute Gasteiger partial charge is 0.339 e. The second-order valence-electron chi connectivity index (χ2n) is 3.22. The first kappa shape index (κ1) is 9.58. The van der Waals surface area contributed by atoms with Crippen molar-refractivity contribution in [3.8, 4) is 0 Å². The molecule has 0 amide bonds. The van der Waals surface area contributed by atoms with E-state index < -0.39 is 11.8 Å². The maximum absolute atomic E-state index is 13.3. The number of aromatic nitrogens is 1. The van der Waals surface area contributed by atoms with Crippen LogP contribution >= 0.6 is 0 Å². The number of nitrogens with zero attached hydrogens (tertiary/aromatic N) is 1. The number of fused-ring (bicyclic) bond motifs is 1. The highest BCUT2D eigenvalue weighted by Crippen LogP contribution is 2.23. The first-order chi connectivity index (χ1) is 7.11. The number of carboxylic acids is 1. The summed E-state index contributed by atoms with van der Waals surface area (Å²) < 4.78 is 13.3. The molecule has 0 bridgehead atoms. The molecule has 2 rings (SSSR count). The van der Waals surface area contributed by atoms with Crippen molar-refractivity contribution in [2.45, 2.75) is 6.92 Å². The van der Waals surface area contributed by atoms with Crippen LogP contribution in [0.15, 0.2) is 24.4 Å². The Hall–Kier alpha value is -1.97. The standard InChI is InChI=1S/C11H8FNO2/c1-6-7-2-3-9(12)10(11(14)15)8(7)4-5-13-6/h2-5H,1H3,(H,14,15). The lowest BCUT2D eigenvalue weighted by Gasteiger charge is -2.05. The minimum absolute atomic E-state index is 0.294. The molecule has 0 aliphatic carbocycles. The summed E-state index contributed by atoms with van der Waals surface area (Å²) in [5, 5.41) is 9.94. The van der Waals surface area contributed by atoms with Crippen LogP contribution in [0, 0.1) is 12.7 Å². The number of benzene rings is 1. The molecule has 0 aliphatic rings. The number of carbonyl (C=O) groups is 1. The van der Waals surface area contributed by atoms with E-state index in [-0.39, 0.29) is 5.56 Å². The summed E-state index contributed by atoms with van der Waals surface area (Å²) in [6.45, 7) is 1.76. The van der Waals surface area contributed by atoms with E-state index in [9.17, 15) is 9.18 Å². The molecule has 76 valence electrons. The van der Waals surface area contributed by atoms with Crippen LogP contribution in [0.3, 0.4) is 0 Å². The van der Waals surface area contributed by atoms with Gasteiger partial charge in [-0.3, -0.25) is 4.98 Å². The van der Waals surface area contributed by atoms with Crippen molar-refractivity contribution in [2.75, 3.05) is 0 Å². The molecule has 0 spiro atoms. The fraction of sp³-hybridized carbons (Fsp3) is 0.0909. The van der Waals surface area contributed by atoms with E-state index in [1.54, 1.807) is 13.0 Å². The molecule has 4 heteroatoms. The molecule has 3 nitrogen and oxygen atoms in total. The first-order valence-corrected chi connectivity index (χ1v) is 4.38. The summed E-state index contributed by atoms with van der Waals surface area (Å²) in [7, 11) is 0. The predicted octanol–water partition coefficient (Wildman–Crippen LogP) is 2.38. The molecule has 1 aromatic heterocycles. The van der Waals surface area contributed by atoms with Gasteiger partial charge in [-0.2, -0.15) is 0 Å². The molecular weight excluding hydrogens is 197 g/mol. The van der Waals surface area contributed by atoms with E-state index in [0.29, 0.717) is 16.5 Å². The van der Waals surface area contributed by atoms with E-state index in [2.05, 4.69) is 4.98 Å². The Morgan fingerprint density at radius 3 is 2.73 bits per heavy atom. The van der Waals surface area contributed by atoms with Gasteiger partial charge < -0.3 is 5.11 Å². The minimum Gasteiger partial charge on any atom is -0.478 e. The second-order valence-corrected chi connectivity index (χ2v) is 3.22. The quantitative estimate of drug-likeness (QED) is 0.777. The molecule has 0 atom stereocenters. The molecule has 1 N–H and O–H groups in total. The lowest BCUT2D eigenvalue weighted by atomic mass is 10.0. The molecular formula is C11H8FNO2. The van der Waals surface area contributed by atoms with E-state index >= 15 is 0 Å². The highest BCUT2D eigenvalue weighted by atomic mass is 19.1. The normalized spacial score (nSPS) is 10.5. The van der Waals surface area contributed by atoms with Crippen molar-refractivity contribution in [1.29, 1.82) is 0 Å². The predicted molar refractivity (Wildman–Crippen MR) is 53.4 cm³/mol. The molecule has 2 aromatic rings. The van der Waals surface area contributed by atoms with E-state index in [0.717, 1.165) is 6.07 Å². The van der Waals surface area contributed by atoms with Crippen molar-refractivity contribution >= 4 is 16.7 Å². The van der Waals surface area contributed by atoms with E-state index in [1.165, 1.54) is 12.3 Å². The zero-order valence-electron chi connectivity index (χ0n) is 7.99. The van der Waals surface area contributed by atoms with Gasteiger partial charge in [0.25, 0.3) is 0 Å².